The Morgan fingerprint density at radius 2 is 1.69 bits per heavy atom. The van der Waals surface area contributed by atoms with E-state index in [1.165, 1.54) is 50.0 Å². The maximum Gasteiger partial charge on any atom is 0.0155 e. The molecule has 98 valence electrons. The van der Waals surface area contributed by atoms with Crippen molar-refractivity contribution in [2.24, 2.45) is 5.92 Å². The smallest absolute Gasteiger partial charge is 0.0155 e. The SMILES string of the molecule is CCCCCCCC(CSCC(C)C)NC. The first kappa shape index (κ1) is 16.3. The number of unbranched alkanes of at least 4 members (excludes halogenated alkanes) is 4. The Morgan fingerprint density at radius 1 is 1.00 bits per heavy atom. The molecule has 0 saturated heterocycles. The summed E-state index contributed by atoms with van der Waals surface area (Å²) in [5.74, 6) is 3.41. The minimum absolute atomic E-state index is 0.727. The largest absolute Gasteiger partial charge is 0.316 e. The van der Waals surface area contributed by atoms with E-state index in [4.69, 9.17) is 0 Å². The van der Waals surface area contributed by atoms with Gasteiger partial charge in [0.05, 0.1) is 0 Å². The van der Waals surface area contributed by atoms with E-state index in [0.29, 0.717) is 0 Å². The van der Waals surface area contributed by atoms with Gasteiger partial charge in [0.15, 0.2) is 0 Å². The molecule has 16 heavy (non-hydrogen) atoms. The monoisotopic (exact) mass is 245 g/mol. The molecule has 0 radical (unpaired) electrons. The molecule has 1 nitrogen and oxygen atoms in total. The lowest BCUT2D eigenvalue weighted by Crippen LogP contribution is -2.27. The van der Waals surface area contributed by atoms with Crippen molar-refractivity contribution in [2.45, 2.75) is 65.3 Å². The van der Waals surface area contributed by atoms with E-state index in [1.807, 2.05) is 0 Å². The van der Waals surface area contributed by atoms with Gasteiger partial charge in [0.1, 0.15) is 0 Å². The van der Waals surface area contributed by atoms with E-state index >= 15 is 0 Å². The Kier molecular flexibility index (Phi) is 12.0. The number of thioether (sulfide) groups is 1. The molecular formula is C14H31NS. The van der Waals surface area contributed by atoms with Crippen molar-refractivity contribution in [3.8, 4) is 0 Å². The normalized spacial score (nSPS) is 13.3. The summed E-state index contributed by atoms with van der Waals surface area (Å²) >= 11 is 2.10. The lowest BCUT2D eigenvalue weighted by atomic mass is 10.1. The summed E-state index contributed by atoms with van der Waals surface area (Å²) in [6.45, 7) is 6.87. The number of nitrogens with one attached hydrogen (secondary N) is 1. The maximum atomic E-state index is 3.45. The first-order valence-corrected chi connectivity index (χ1v) is 8.11. The Bertz CT molecular complexity index is 137. The highest BCUT2D eigenvalue weighted by molar-refractivity contribution is 7.99. The van der Waals surface area contributed by atoms with E-state index in [2.05, 4.69) is 44.9 Å². The molecule has 0 aliphatic carbocycles. The first-order valence-electron chi connectivity index (χ1n) is 6.95. The van der Waals surface area contributed by atoms with Crippen LogP contribution >= 0.6 is 11.8 Å². The molecule has 0 aliphatic rings. The van der Waals surface area contributed by atoms with Crippen LogP contribution in [0.4, 0.5) is 0 Å². The van der Waals surface area contributed by atoms with Gasteiger partial charge in [-0.1, -0.05) is 52.9 Å². The van der Waals surface area contributed by atoms with Gasteiger partial charge in [-0.05, 0) is 25.1 Å². The summed E-state index contributed by atoms with van der Waals surface area (Å²) in [7, 11) is 2.10. The van der Waals surface area contributed by atoms with Crippen molar-refractivity contribution in [3.05, 3.63) is 0 Å². The molecule has 0 aromatic carbocycles. The fourth-order valence-electron chi connectivity index (χ4n) is 1.75. The minimum Gasteiger partial charge on any atom is -0.316 e. The van der Waals surface area contributed by atoms with Crippen LogP contribution < -0.4 is 5.32 Å². The molecular weight excluding hydrogens is 214 g/mol. The zero-order chi connectivity index (χ0) is 12.2. The highest BCUT2D eigenvalue weighted by Gasteiger charge is 2.06. The molecule has 0 aromatic heterocycles. The minimum atomic E-state index is 0.727. The fourth-order valence-corrected chi connectivity index (χ4v) is 2.98. The van der Waals surface area contributed by atoms with Crippen LogP contribution in [0.1, 0.15) is 59.3 Å². The molecule has 0 aliphatic heterocycles. The van der Waals surface area contributed by atoms with E-state index in [0.717, 1.165) is 12.0 Å². The van der Waals surface area contributed by atoms with Gasteiger partial charge >= 0.3 is 0 Å². The molecule has 0 saturated carbocycles. The molecule has 0 fully saturated rings. The summed E-state index contributed by atoms with van der Waals surface area (Å²) in [5, 5.41) is 3.45. The average Bonchev–Trinajstić information content (AvgIpc) is 2.26. The van der Waals surface area contributed by atoms with Crippen LogP contribution in [0, 0.1) is 5.92 Å². The average molecular weight is 245 g/mol. The highest BCUT2D eigenvalue weighted by atomic mass is 32.2. The van der Waals surface area contributed by atoms with Gasteiger partial charge < -0.3 is 5.32 Å². The van der Waals surface area contributed by atoms with Crippen molar-refractivity contribution in [2.75, 3.05) is 18.6 Å². The van der Waals surface area contributed by atoms with Crippen LogP contribution in [-0.4, -0.2) is 24.6 Å². The molecule has 1 atom stereocenters. The molecule has 0 rings (SSSR count). The zero-order valence-corrected chi connectivity index (χ0v) is 12.5. The Hall–Kier alpha value is 0.310. The maximum absolute atomic E-state index is 3.45. The van der Waals surface area contributed by atoms with Crippen molar-refractivity contribution < 1.29 is 0 Å². The first-order chi connectivity index (χ1) is 7.70. The van der Waals surface area contributed by atoms with Crippen LogP contribution in [0.25, 0.3) is 0 Å². The van der Waals surface area contributed by atoms with E-state index in [-0.39, 0.29) is 0 Å². The third-order valence-corrected chi connectivity index (χ3v) is 4.38. The number of hydrogen-bond acceptors (Lipinski definition) is 2. The fraction of sp³-hybridized carbons (Fsp3) is 1.00. The topological polar surface area (TPSA) is 12.0 Å². The lowest BCUT2D eigenvalue weighted by Gasteiger charge is -2.16. The van der Waals surface area contributed by atoms with Gasteiger partial charge in [0.2, 0.25) is 0 Å². The molecule has 0 amide bonds. The molecule has 1 N–H and O–H groups in total. The van der Waals surface area contributed by atoms with E-state index < -0.39 is 0 Å². The van der Waals surface area contributed by atoms with E-state index in [9.17, 15) is 0 Å². The Balaban J connectivity index is 3.36. The van der Waals surface area contributed by atoms with Gasteiger partial charge in [-0.15, -0.1) is 0 Å². The zero-order valence-electron chi connectivity index (χ0n) is 11.7. The third kappa shape index (κ3) is 10.8. The molecule has 0 bridgehead atoms. The quantitative estimate of drug-likeness (QED) is 0.544. The second-order valence-corrected chi connectivity index (χ2v) is 6.19. The van der Waals surface area contributed by atoms with Gasteiger partial charge in [-0.3, -0.25) is 0 Å². The molecule has 0 aromatic rings. The second kappa shape index (κ2) is 11.8. The van der Waals surface area contributed by atoms with Crippen molar-refractivity contribution in [1.29, 1.82) is 0 Å². The predicted molar refractivity (Wildman–Crippen MR) is 78.4 cm³/mol. The Labute approximate surface area is 107 Å². The summed E-state index contributed by atoms with van der Waals surface area (Å²) in [5.41, 5.74) is 0. The van der Waals surface area contributed by atoms with Gasteiger partial charge in [-0.25, -0.2) is 0 Å². The summed E-state index contributed by atoms with van der Waals surface area (Å²) in [6, 6.07) is 0.727. The van der Waals surface area contributed by atoms with Crippen LogP contribution in [0.3, 0.4) is 0 Å². The Morgan fingerprint density at radius 3 is 2.25 bits per heavy atom. The second-order valence-electron chi connectivity index (χ2n) is 5.12. The van der Waals surface area contributed by atoms with Crippen LogP contribution in [0.2, 0.25) is 0 Å². The highest BCUT2D eigenvalue weighted by Crippen LogP contribution is 2.13. The number of rotatable bonds is 11. The van der Waals surface area contributed by atoms with Crippen molar-refractivity contribution in [1.82, 2.24) is 5.32 Å². The molecule has 0 heterocycles. The molecule has 0 spiro atoms. The summed E-state index contributed by atoms with van der Waals surface area (Å²) in [6.07, 6.45) is 8.35. The van der Waals surface area contributed by atoms with Crippen LogP contribution in [0.15, 0.2) is 0 Å². The van der Waals surface area contributed by atoms with Gasteiger partial charge in [-0.2, -0.15) is 11.8 Å². The van der Waals surface area contributed by atoms with Crippen LogP contribution in [-0.2, 0) is 0 Å². The lowest BCUT2D eigenvalue weighted by molar-refractivity contribution is 0.517. The molecule has 1 unspecified atom stereocenters. The van der Waals surface area contributed by atoms with Gasteiger partial charge in [0, 0.05) is 11.8 Å². The van der Waals surface area contributed by atoms with Crippen LogP contribution in [0.5, 0.6) is 0 Å². The van der Waals surface area contributed by atoms with Gasteiger partial charge in [0.25, 0.3) is 0 Å². The third-order valence-electron chi connectivity index (χ3n) is 2.83. The van der Waals surface area contributed by atoms with E-state index in [1.54, 1.807) is 0 Å². The summed E-state index contributed by atoms with van der Waals surface area (Å²) in [4.78, 5) is 0. The number of hydrogen-bond donors (Lipinski definition) is 1. The standard InChI is InChI=1S/C14H31NS/c1-5-6-7-8-9-10-14(15-4)12-16-11-13(2)3/h13-15H,5-12H2,1-4H3. The predicted octanol–water partition coefficient (Wildman–Crippen LogP) is 4.32. The summed E-state index contributed by atoms with van der Waals surface area (Å²) < 4.78 is 0. The van der Waals surface area contributed by atoms with Crippen molar-refractivity contribution in [3.63, 3.8) is 0 Å². The van der Waals surface area contributed by atoms with Crippen molar-refractivity contribution >= 4 is 11.8 Å². The molecule has 2 heteroatoms.